The number of carbonyl (C=O) groups excluding carboxylic acids is 2. The topological polar surface area (TPSA) is 87.1 Å². The van der Waals surface area contributed by atoms with Gasteiger partial charge in [0.2, 0.25) is 0 Å². The molecule has 0 radical (unpaired) electrons. The Balaban J connectivity index is 1.69. The van der Waals surface area contributed by atoms with Crippen LogP contribution in [0.2, 0.25) is 0 Å². The third-order valence-corrected chi connectivity index (χ3v) is 5.87. The van der Waals surface area contributed by atoms with Crippen molar-refractivity contribution in [3.63, 3.8) is 0 Å². The van der Waals surface area contributed by atoms with E-state index in [1.807, 2.05) is 12.1 Å². The SMILES string of the molecule is O=C1C(=O)N(c2ccccc2)C(c2ccc(O)cc2)/C1=C(/O)c1ccc2c(c1)CCCO2. The second kappa shape index (κ2) is 7.89. The van der Waals surface area contributed by atoms with Crippen LogP contribution in [0.4, 0.5) is 5.69 Å². The van der Waals surface area contributed by atoms with Crippen molar-refractivity contribution in [1.29, 1.82) is 0 Å². The van der Waals surface area contributed by atoms with Crippen LogP contribution in [-0.2, 0) is 16.0 Å². The highest BCUT2D eigenvalue weighted by atomic mass is 16.5. The van der Waals surface area contributed by atoms with Crippen LogP contribution < -0.4 is 9.64 Å². The molecule has 1 amide bonds. The number of aryl methyl sites for hydroxylation is 1. The molecular weight excluding hydrogens is 406 g/mol. The van der Waals surface area contributed by atoms with Gasteiger partial charge in [0.1, 0.15) is 17.3 Å². The number of phenols is 1. The van der Waals surface area contributed by atoms with Crippen LogP contribution in [0.25, 0.3) is 5.76 Å². The molecule has 1 fully saturated rings. The molecule has 1 saturated heterocycles. The molecule has 32 heavy (non-hydrogen) atoms. The van der Waals surface area contributed by atoms with Crippen molar-refractivity contribution in [1.82, 2.24) is 0 Å². The fourth-order valence-electron chi connectivity index (χ4n) is 4.32. The number of para-hydroxylation sites is 1. The molecule has 5 rings (SSSR count). The predicted molar refractivity (Wildman–Crippen MR) is 120 cm³/mol. The lowest BCUT2D eigenvalue weighted by Crippen LogP contribution is -2.29. The van der Waals surface area contributed by atoms with Crippen molar-refractivity contribution < 1.29 is 24.5 Å². The zero-order valence-corrected chi connectivity index (χ0v) is 17.2. The molecule has 2 heterocycles. The first-order valence-electron chi connectivity index (χ1n) is 10.5. The summed E-state index contributed by atoms with van der Waals surface area (Å²) in [6.07, 6.45) is 1.69. The van der Waals surface area contributed by atoms with Gasteiger partial charge in [-0.15, -0.1) is 0 Å². The number of rotatable bonds is 3. The number of anilines is 1. The summed E-state index contributed by atoms with van der Waals surface area (Å²) in [7, 11) is 0. The van der Waals surface area contributed by atoms with E-state index < -0.39 is 17.7 Å². The van der Waals surface area contributed by atoms with E-state index in [4.69, 9.17) is 4.74 Å². The Hall–Kier alpha value is -4.06. The first kappa shape index (κ1) is 19.9. The molecule has 1 atom stereocenters. The maximum Gasteiger partial charge on any atom is 0.300 e. The molecule has 3 aromatic carbocycles. The lowest BCUT2D eigenvalue weighted by Gasteiger charge is -2.25. The van der Waals surface area contributed by atoms with Crippen LogP contribution >= 0.6 is 0 Å². The maximum atomic E-state index is 13.2. The Morgan fingerprint density at radius 2 is 1.72 bits per heavy atom. The van der Waals surface area contributed by atoms with Crippen LogP contribution in [-0.4, -0.2) is 28.5 Å². The first-order valence-corrected chi connectivity index (χ1v) is 10.5. The second-order valence-electron chi connectivity index (χ2n) is 7.87. The number of aliphatic hydroxyl groups is 1. The lowest BCUT2D eigenvalue weighted by molar-refractivity contribution is -0.132. The summed E-state index contributed by atoms with van der Waals surface area (Å²) in [5.74, 6) is -0.850. The van der Waals surface area contributed by atoms with Gasteiger partial charge in [0.05, 0.1) is 18.2 Å². The molecule has 160 valence electrons. The monoisotopic (exact) mass is 427 g/mol. The van der Waals surface area contributed by atoms with Gasteiger partial charge in [0.15, 0.2) is 0 Å². The van der Waals surface area contributed by atoms with E-state index in [-0.39, 0.29) is 17.1 Å². The first-order chi connectivity index (χ1) is 15.5. The molecule has 3 aromatic rings. The summed E-state index contributed by atoms with van der Waals surface area (Å²) in [6.45, 7) is 0.654. The molecule has 6 heteroatoms. The highest BCUT2D eigenvalue weighted by molar-refractivity contribution is 6.51. The number of nitrogens with zero attached hydrogens (tertiary/aromatic N) is 1. The van der Waals surface area contributed by atoms with Crippen LogP contribution in [0.3, 0.4) is 0 Å². The molecule has 2 aliphatic rings. The Labute approximate surface area is 185 Å². The summed E-state index contributed by atoms with van der Waals surface area (Å²) < 4.78 is 5.65. The van der Waals surface area contributed by atoms with Crippen LogP contribution in [0.15, 0.2) is 78.4 Å². The Morgan fingerprint density at radius 1 is 0.969 bits per heavy atom. The summed E-state index contributed by atoms with van der Waals surface area (Å²) >= 11 is 0. The zero-order chi connectivity index (χ0) is 22.2. The third-order valence-electron chi connectivity index (χ3n) is 5.87. The molecule has 2 N–H and O–H groups in total. The van der Waals surface area contributed by atoms with Gasteiger partial charge in [-0.2, -0.15) is 0 Å². The molecule has 0 saturated carbocycles. The predicted octanol–water partition coefficient (Wildman–Crippen LogP) is 4.34. The Bertz CT molecular complexity index is 1230. The number of benzene rings is 3. The van der Waals surface area contributed by atoms with Crippen molar-refractivity contribution in [2.24, 2.45) is 0 Å². The smallest absolute Gasteiger partial charge is 0.300 e. The van der Waals surface area contributed by atoms with Crippen molar-refractivity contribution in [3.8, 4) is 11.5 Å². The molecule has 0 spiro atoms. The minimum absolute atomic E-state index is 0.0150. The highest BCUT2D eigenvalue weighted by Gasteiger charge is 2.47. The number of hydrogen-bond acceptors (Lipinski definition) is 5. The Morgan fingerprint density at radius 3 is 2.47 bits per heavy atom. The number of hydrogen-bond donors (Lipinski definition) is 2. The number of ketones is 1. The summed E-state index contributed by atoms with van der Waals surface area (Å²) in [5, 5.41) is 21.0. The fourth-order valence-corrected chi connectivity index (χ4v) is 4.32. The van der Waals surface area contributed by atoms with Crippen LogP contribution in [0.1, 0.15) is 29.2 Å². The number of aromatic hydroxyl groups is 1. The van der Waals surface area contributed by atoms with E-state index in [9.17, 15) is 19.8 Å². The van der Waals surface area contributed by atoms with Gasteiger partial charge in [-0.25, -0.2) is 0 Å². The van der Waals surface area contributed by atoms with E-state index in [1.54, 1.807) is 48.5 Å². The lowest BCUT2D eigenvalue weighted by atomic mass is 9.94. The third kappa shape index (κ3) is 3.30. The largest absolute Gasteiger partial charge is 0.508 e. The molecule has 0 aromatic heterocycles. The average Bonchev–Trinajstić information content (AvgIpc) is 3.09. The van der Waals surface area contributed by atoms with Crippen molar-refractivity contribution >= 4 is 23.1 Å². The van der Waals surface area contributed by atoms with Gasteiger partial charge < -0.3 is 14.9 Å². The molecule has 1 unspecified atom stereocenters. The molecular formula is C26H21NO5. The number of ether oxygens (including phenoxy) is 1. The molecule has 0 aliphatic carbocycles. The average molecular weight is 427 g/mol. The maximum absolute atomic E-state index is 13.2. The zero-order valence-electron chi connectivity index (χ0n) is 17.2. The van der Waals surface area contributed by atoms with Gasteiger partial charge in [0.25, 0.3) is 11.7 Å². The second-order valence-corrected chi connectivity index (χ2v) is 7.87. The standard InChI is InChI=1S/C26H21NO5/c28-20-11-8-16(9-12-20)23-22(25(30)26(31)27(23)19-6-2-1-3-7-19)24(29)18-10-13-21-17(15-18)5-4-14-32-21/h1-3,6-13,15,23,28-29H,4-5,14H2/b24-22-. The highest BCUT2D eigenvalue weighted by Crippen LogP contribution is 2.42. The van der Waals surface area contributed by atoms with E-state index in [0.717, 1.165) is 24.2 Å². The van der Waals surface area contributed by atoms with Gasteiger partial charge in [-0.3, -0.25) is 14.5 Å². The summed E-state index contributed by atoms with van der Waals surface area (Å²) in [6, 6.07) is 19.6. The number of fused-ring (bicyclic) bond motifs is 1. The number of amides is 1. The van der Waals surface area contributed by atoms with Crippen LogP contribution in [0, 0.1) is 0 Å². The number of Topliss-reactive ketones (excluding diaryl/α,β-unsaturated/α-hetero) is 1. The van der Waals surface area contributed by atoms with E-state index in [0.29, 0.717) is 23.4 Å². The quantitative estimate of drug-likeness (QED) is 0.369. The van der Waals surface area contributed by atoms with E-state index in [1.165, 1.54) is 17.0 Å². The number of phenolic OH excluding ortho intramolecular Hbond substituents is 1. The van der Waals surface area contributed by atoms with Crippen LogP contribution in [0.5, 0.6) is 11.5 Å². The minimum atomic E-state index is -0.828. The van der Waals surface area contributed by atoms with Crippen molar-refractivity contribution in [3.05, 3.63) is 95.1 Å². The summed E-state index contributed by atoms with van der Waals surface area (Å²) in [5.41, 5.74) is 2.59. The number of carbonyl (C=O) groups is 2. The minimum Gasteiger partial charge on any atom is -0.508 e. The van der Waals surface area contributed by atoms with Gasteiger partial charge >= 0.3 is 0 Å². The van der Waals surface area contributed by atoms with E-state index >= 15 is 0 Å². The molecule has 2 aliphatic heterocycles. The fraction of sp³-hybridized carbons (Fsp3) is 0.154. The summed E-state index contributed by atoms with van der Waals surface area (Å²) in [4.78, 5) is 27.6. The van der Waals surface area contributed by atoms with Gasteiger partial charge in [-0.05, 0) is 66.4 Å². The molecule has 6 nitrogen and oxygen atoms in total. The van der Waals surface area contributed by atoms with Gasteiger partial charge in [0, 0.05) is 11.3 Å². The molecule has 0 bridgehead atoms. The van der Waals surface area contributed by atoms with Crippen molar-refractivity contribution in [2.75, 3.05) is 11.5 Å². The van der Waals surface area contributed by atoms with Gasteiger partial charge in [-0.1, -0.05) is 30.3 Å². The van der Waals surface area contributed by atoms with Crippen molar-refractivity contribution in [2.45, 2.75) is 18.9 Å². The normalized spacial score (nSPS) is 19.5. The number of aliphatic hydroxyl groups excluding tert-OH is 1. The Kier molecular flexibility index (Phi) is 4.90. The van der Waals surface area contributed by atoms with E-state index in [2.05, 4.69) is 0 Å².